The highest BCUT2D eigenvalue weighted by Crippen LogP contribution is 2.47. The molecule has 1 aliphatic carbocycles. The number of carbonyl (C=O) groups excluding carboxylic acids is 1. The Morgan fingerprint density at radius 2 is 1.76 bits per heavy atom. The van der Waals surface area contributed by atoms with E-state index in [9.17, 15) is 4.79 Å². The summed E-state index contributed by atoms with van der Waals surface area (Å²) >= 11 is 0. The smallest absolute Gasteiger partial charge is 0.133 e. The molecule has 1 aromatic rings. The molecule has 92 valence electrons. The third kappa shape index (κ3) is 2.02. The lowest BCUT2D eigenvalue weighted by Crippen LogP contribution is -2.20. The number of hydrogen-bond donors (Lipinski definition) is 0. The molecular weight excluding hydrogens is 216 g/mol. The molecule has 2 rings (SSSR count). The summed E-state index contributed by atoms with van der Waals surface area (Å²) in [4.78, 5) is 11.5. The highest BCUT2D eigenvalue weighted by atomic mass is 16.5. The third-order valence-electron chi connectivity index (χ3n) is 3.57. The van der Waals surface area contributed by atoms with Crippen LogP contribution >= 0.6 is 0 Å². The van der Waals surface area contributed by atoms with Crippen LogP contribution in [0.15, 0.2) is 18.2 Å². The van der Waals surface area contributed by atoms with Gasteiger partial charge in [0.25, 0.3) is 0 Å². The molecule has 0 heterocycles. The van der Waals surface area contributed by atoms with Crippen molar-refractivity contribution in [1.82, 2.24) is 0 Å². The zero-order valence-electron chi connectivity index (χ0n) is 10.6. The third-order valence-corrected chi connectivity index (χ3v) is 3.57. The second kappa shape index (κ2) is 4.40. The Labute approximate surface area is 102 Å². The average molecular weight is 234 g/mol. The predicted octanol–water partition coefficient (Wildman–Crippen LogP) is 2.71. The Kier molecular flexibility index (Phi) is 3.09. The Bertz CT molecular complexity index is 417. The molecule has 0 N–H and O–H groups in total. The summed E-state index contributed by atoms with van der Waals surface area (Å²) in [7, 11) is 3.30. The Balaban J connectivity index is 2.52. The van der Waals surface area contributed by atoms with E-state index in [2.05, 4.69) is 6.92 Å². The van der Waals surface area contributed by atoms with Crippen LogP contribution in [-0.2, 0) is 10.2 Å². The summed E-state index contributed by atoms with van der Waals surface area (Å²) in [5, 5.41) is 0. The average Bonchev–Trinajstić information content (AvgIpc) is 2.69. The SMILES string of the molecule is COc1cccc(OC)c1C1(C)CCC(=O)C1. The molecule has 0 aromatic heterocycles. The lowest BCUT2D eigenvalue weighted by molar-refractivity contribution is -0.117. The number of ketones is 1. The number of methoxy groups -OCH3 is 2. The number of Topliss-reactive ketones (excluding diaryl/α,β-unsaturated/α-hetero) is 1. The molecular formula is C14H18O3. The first kappa shape index (κ1) is 12.0. The minimum Gasteiger partial charge on any atom is -0.496 e. The van der Waals surface area contributed by atoms with Crippen molar-refractivity contribution in [2.75, 3.05) is 14.2 Å². The van der Waals surface area contributed by atoms with Gasteiger partial charge >= 0.3 is 0 Å². The number of rotatable bonds is 3. The van der Waals surface area contributed by atoms with Crippen LogP contribution in [0.5, 0.6) is 11.5 Å². The summed E-state index contributed by atoms with van der Waals surface area (Å²) in [5.41, 5.74) is 0.866. The fourth-order valence-electron chi connectivity index (χ4n) is 2.69. The van der Waals surface area contributed by atoms with Crippen molar-refractivity contribution in [3.63, 3.8) is 0 Å². The Hall–Kier alpha value is -1.51. The molecule has 0 spiro atoms. The highest BCUT2D eigenvalue weighted by molar-refractivity contribution is 5.83. The first-order valence-corrected chi connectivity index (χ1v) is 5.84. The molecule has 1 unspecified atom stereocenters. The number of ether oxygens (including phenoxy) is 2. The Morgan fingerprint density at radius 3 is 2.18 bits per heavy atom. The van der Waals surface area contributed by atoms with Crippen molar-refractivity contribution in [2.45, 2.75) is 31.6 Å². The van der Waals surface area contributed by atoms with Gasteiger partial charge in [0.05, 0.1) is 14.2 Å². The van der Waals surface area contributed by atoms with Gasteiger partial charge in [0.1, 0.15) is 17.3 Å². The molecule has 1 atom stereocenters. The molecule has 0 saturated heterocycles. The van der Waals surface area contributed by atoms with Gasteiger partial charge in [-0.15, -0.1) is 0 Å². The van der Waals surface area contributed by atoms with Crippen molar-refractivity contribution in [1.29, 1.82) is 0 Å². The van der Waals surface area contributed by atoms with Gasteiger partial charge in [0.2, 0.25) is 0 Å². The molecule has 3 heteroatoms. The van der Waals surface area contributed by atoms with Gasteiger partial charge in [0, 0.05) is 23.8 Å². The van der Waals surface area contributed by atoms with E-state index in [0.29, 0.717) is 18.6 Å². The van der Waals surface area contributed by atoms with Crippen LogP contribution in [-0.4, -0.2) is 20.0 Å². The second-order valence-electron chi connectivity index (χ2n) is 4.81. The molecule has 1 fully saturated rings. The summed E-state index contributed by atoms with van der Waals surface area (Å²) in [6.45, 7) is 2.11. The fourth-order valence-corrected chi connectivity index (χ4v) is 2.69. The van der Waals surface area contributed by atoms with Gasteiger partial charge in [-0.05, 0) is 18.6 Å². The van der Waals surface area contributed by atoms with E-state index in [1.54, 1.807) is 14.2 Å². The number of carbonyl (C=O) groups is 1. The molecule has 1 aromatic carbocycles. The van der Waals surface area contributed by atoms with E-state index >= 15 is 0 Å². The molecule has 1 saturated carbocycles. The Morgan fingerprint density at radius 1 is 1.18 bits per heavy atom. The summed E-state index contributed by atoms with van der Waals surface area (Å²) in [6, 6.07) is 5.75. The molecule has 1 aliphatic rings. The quantitative estimate of drug-likeness (QED) is 0.806. The minimum atomic E-state index is -0.158. The fraction of sp³-hybridized carbons (Fsp3) is 0.500. The van der Waals surface area contributed by atoms with Gasteiger partial charge in [0.15, 0.2) is 0 Å². The van der Waals surface area contributed by atoms with Crippen molar-refractivity contribution in [3.05, 3.63) is 23.8 Å². The van der Waals surface area contributed by atoms with E-state index in [-0.39, 0.29) is 5.41 Å². The first-order chi connectivity index (χ1) is 8.10. The maximum atomic E-state index is 11.5. The second-order valence-corrected chi connectivity index (χ2v) is 4.81. The standard InChI is InChI=1S/C14H18O3/c1-14(8-7-10(15)9-14)13-11(16-2)5-4-6-12(13)17-3/h4-6H,7-9H2,1-3H3. The van der Waals surface area contributed by atoms with Crippen LogP contribution < -0.4 is 9.47 Å². The molecule has 0 amide bonds. The minimum absolute atomic E-state index is 0.158. The van der Waals surface area contributed by atoms with Crippen LogP contribution in [0.2, 0.25) is 0 Å². The van der Waals surface area contributed by atoms with E-state index in [1.165, 1.54) is 0 Å². The van der Waals surface area contributed by atoms with E-state index in [1.807, 2.05) is 18.2 Å². The van der Waals surface area contributed by atoms with Crippen LogP contribution in [0.25, 0.3) is 0 Å². The summed E-state index contributed by atoms with van der Waals surface area (Å²) in [6.07, 6.45) is 2.09. The van der Waals surface area contributed by atoms with E-state index in [4.69, 9.17) is 9.47 Å². The van der Waals surface area contributed by atoms with Gasteiger partial charge in [-0.25, -0.2) is 0 Å². The summed E-state index contributed by atoms with van der Waals surface area (Å²) < 4.78 is 10.8. The monoisotopic (exact) mass is 234 g/mol. The highest BCUT2D eigenvalue weighted by Gasteiger charge is 2.39. The van der Waals surface area contributed by atoms with Crippen LogP contribution in [0.1, 0.15) is 31.7 Å². The van der Waals surface area contributed by atoms with E-state index < -0.39 is 0 Å². The molecule has 3 nitrogen and oxygen atoms in total. The molecule has 0 aliphatic heterocycles. The summed E-state index contributed by atoms with van der Waals surface area (Å²) in [5.74, 6) is 1.93. The predicted molar refractivity (Wildman–Crippen MR) is 65.8 cm³/mol. The van der Waals surface area contributed by atoms with E-state index in [0.717, 1.165) is 23.5 Å². The molecule has 0 radical (unpaired) electrons. The first-order valence-electron chi connectivity index (χ1n) is 5.84. The lowest BCUT2D eigenvalue weighted by Gasteiger charge is -2.27. The maximum absolute atomic E-state index is 11.5. The number of benzene rings is 1. The zero-order valence-corrected chi connectivity index (χ0v) is 10.6. The van der Waals surface area contributed by atoms with Crippen molar-refractivity contribution < 1.29 is 14.3 Å². The van der Waals surface area contributed by atoms with Crippen LogP contribution in [0.3, 0.4) is 0 Å². The lowest BCUT2D eigenvalue weighted by atomic mass is 9.80. The zero-order chi connectivity index (χ0) is 12.5. The normalized spacial score (nSPS) is 23.8. The van der Waals surface area contributed by atoms with Crippen LogP contribution in [0.4, 0.5) is 0 Å². The topological polar surface area (TPSA) is 35.5 Å². The number of hydrogen-bond acceptors (Lipinski definition) is 3. The molecule has 0 bridgehead atoms. The van der Waals surface area contributed by atoms with Gasteiger partial charge < -0.3 is 9.47 Å². The van der Waals surface area contributed by atoms with Gasteiger partial charge in [-0.2, -0.15) is 0 Å². The van der Waals surface area contributed by atoms with Crippen molar-refractivity contribution in [3.8, 4) is 11.5 Å². The van der Waals surface area contributed by atoms with Crippen molar-refractivity contribution >= 4 is 5.78 Å². The van der Waals surface area contributed by atoms with Crippen LogP contribution in [0, 0.1) is 0 Å². The largest absolute Gasteiger partial charge is 0.496 e. The maximum Gasteiger partial charge on any atom is 0.133 e. The van der Waals surface area contributed by atoms with Gasteiger partial charge in [-0.3, -0.25) is 4.79 Å². The van der Waals surface area contributed by atoms with Crippen molar-refractivity contribution in [2.24, 2.45) is 0 Å². The van der Waals surface area contributed by atoms with Gasteiger partial charge in [-0.1, -0.05) is 13.0 Å². The molecule has 17 heavy (non-hydrogen) atoms.